The maximum atomic E-state index is 12.0. The number of carbonyl (C=O) groups is 1. The van der Waals surface area contributed by atoms with Crippen molar-refractivity contribution in [3.8, 4) is 0 Å². The molecule has 9 heteroatoms. The molecule has 1 aromatic carbocycles. The Morgan fingerprint density at radius 3 is 2.75 bits per heavy atom. The van der Waals surface area contributed by atoms with E-state index in [1.807, 2.05) is 36.5 Å². The van der Waals surface area contributed by atoms with E-state index >= 15 is 0 Å². The van der Waals surface area contributed by atoms with Crippen molar-refractivity contribution in [2.24, 2.45) is 0 Å². The van der Waals surface area contributed by atoms with Crippen molar-refractivity contribution >= 4 is 46.2 Å². The van der Waals surface area contributed by atoms with Crippen LogP contribution in [0, 0.1) is 0 Å². The van der Waals surface area contributed by atoms with Crippen molar-refractivity contribution < 1.29 is 9.53 Å². The van der Waals surface area contributed by atoms with Crippen LogP contribution in [0.25, 0.3) is 0 Å². The van der Waals surface area contributed by atoms with Crippen LogP contribution < -0.4 is 15.5 Å². The summed E-state index contributed by atoms with van der Waals surface area (Å²) in [6, 6.07) is 16.1. The number of nitrogens with one attached hydrogen (secondary N) is 2. The topological polar surface area (TPSA) is 71.4 Å². The third kappa shape index (κ3) is 4.98. The van der Waals surface area contributed by atoms with Crippen LogP contribution in [-0.4, -0.2) is 34.3 Å². The number of carbonyl (C=O) groups excluding carboxylic acids is 1. The lowest BCUT2D eigenvalue weighted by Crippen LogP contribution is -2.31. The molecule has 0 spiro atoms. The highest BCUT2D eigenvalue weighted by atomic mass is 35.5. The molecule has 1 amide bonds. The van der Waals surface area contributed by atoms with Crippen molar-refractivity contribution in [2.75, 3.05) is 23.9 Å². The summed E-state index contributed by atoms with van der Waals surface area (Å²) in [6.45, 7) is -0.0375. The standard InChI is InChI=1S/C27H30ClN5O2S/c1-35-17-24(34)30-21-13-12-19(16-20(21)28)33-26(25(31-27(33)36)22-10-5-6-14-29-22)23-11-7-15-32(23)18-8-3-2-4-9-18/h5-7,10-16,18,25-26H,2-4,8-9,17H2,1H3,(H,30,34)(H,31,36)/t25-,26-/m1/s1. The number of thiocarbonyl (C=S) groups is 1. The highest BCUT2D eigenvalue weighted by Crippen LogP contribution is 2.44. The Bertz CT molecular complexity index is 1230. The van der Waals surface area contributed by atoms with Gasteiger partial charge in [-0.3, -0.25) is 9.78 Å². The van der Waals surface area contributed by atoms with Crippen LogP contribution in [0.5, 0.6) is 0 Å². The van der Waals surface area contributed by atoms with Crippen molar-refractivity contribution in [2.45, 2.75) is 50.2 Å². The smallest absolute Gasteiger partial charge is 0.250 e. The number of benzene rings is 1. The third-order valence-electron chi connectivity index (χ3n) is 6.96. The summed E-state index contributed by atoms with van der Waals surface area (Å²) in [5.74, 6) is -0.260. The molecule has 1 aliphatic carbocycles. The van der Waals surface area contributed by atoms with Crippen molar-refractivity contribution in [3.05, 3.63) is 77.3 Å². The number of rotatable bonds is 7. The van der Waals surface area contributed by atoms with Gasteiger partial charge in [0.2, 0.25) is 5.91 Å². The van der Waals surface area contributed by atoms with Gasteiger partial charge in [0.25, 0.3) is 0 Å². The Morgan fingerprint density at radius 1 is 1.19 bits per heavy atom. The summed E-state index contributed by atoms with van der Waals surface area (Å²) in [5.41, 5.74) is 3.50. The molecule has 2 N–H and O–H groups in total. The summed E-state index contributed by atoms with van der Waals surface area (Å²) in [6.07, 6.45) is 10.2. The minimum atomic E-state index is -0.260. The second kappa shape index (κ2) is 11.0. The minimum absolute atomic E-state index is 0.0375. The molecule has 2 aromatic heterocycles. The number of anilines is 2. The fourth-order valence-corrected chi connectivity index (χ4v) is 5.92. The maximum Gasteiger partial charge on any atom is 0.250 e. The van der Waals surface area contributed by atoms with Gasteiger partial charge in [0.1, 0.15) is 12.6 Å². The molecule has 2 aliphatic rings. The van der Waals surface area contributed by atoms with E-state index in [1.165, 1.54) is 44.9 Å². The van der Waals surface area contributed by atoms with E-state index in [1.54, 1.807) is 6.07 Å². The lowest BCUT2D eigenvalue weighted by atomic mass is 9.94. The Labute approximate surface area is 221 Å². The van der Waals surface area contributed by atoms with Gasteiger partial charge in [-0.25, -0.2) is 0 Å². The van der Waals surface area contributed by atoms with Crippen molar-refractivity contribution in [1.29, 1.82) is 0 Å². The molecule has 5 rings (SSSR count). The molecule has 2 atom stereocenters. The first-order valence-electron chi connectivity index (χ1n) is 12.3. The molecule has 188 valence electrons. The molecule has 3 aromatic rings. The maximum absolute atomic E-state index is 12.0. The number of aromatic nitrogens is 2. The molecular weight excluding hydrogens is 494 g/mol. The summed E-state index contributed by atoms with van der Waals surface area (Å²) in [5, 5.41) is 7.35. The number of ether oxygens (including phenoxy) is 1. The van der Waals surface area contributed by atoms with Crippen LogP contribution in [0.2, 0.25) is 5.02 Å². The predicted octanol–water partition coefficient (Wildman–Crippen LogP) is 5.80. The molecule has 2 fully saturated rings. The highest BCUT2D eigenvalue weighted by Gasteiger charge is 2.42. The second-order valence-electron chi connectivity index (χ2n) is 9.27. The average molecular weight is 524 g/mol. The normalized spacial score (nSPS) is 20.4. The Hall–Kier alpha value is -2.94. The average Bonchev–Trinajstić information content (AvgIpc) is 3.51. The number of hydrogen-bond acceptors (Lipinski definition) is 4. The van der Waals surface area contributed by atoms with Gasteiger partial charge in [0.15, 0.2) is 5.11 Å². The van der Waals surface area contributed by atoms with Gasteiger partial charge in [-0.2, -0.15) is 0 Å². The second-order valence-corrected chi connectivity index (χ2v) is 10.1. The Balaban J connectivity index is 1.54. The molecule has 1 saturated carbocycles. The molecule has 3 heterocycles. The summed E-state index contributed by atoms with van der Waals surface area (Å²) >= 11 is 12.5. The highest BCUT2D eigenvalue weighted by molar-refractivity contribution is 7.80. The SMILES string of the molecule is COCC(=O)Nc1ccc(N2C(=S)N[C@H](c3ccccn3)[C@H]2c2cccn2C2CCCCC2)cc1Cl. The van der Waals surface area contributed by atoms with Gasteiger partial charge in [-0.05, 0) is 67.5 Å². The van der Waals surface area contributed by atoms with E-state index < -0.39 is 0 Å². The van der Waals surface area contributed by atoms with Crippen molar-refractivity contribution in [3.63, 3.8) is 0 Å². The van der Waals surface area contributed by atoms with Crippen LogP contribution in [0.4, 0.5) is 11.4 Å². The fourth-order valence-electron chi connectivity index (χ4n) is 5.36. The number of halogens is 1. The van der Waals surface area contributed by atoms with Gasteiger partial charge in [-0.1, -0.05) is 36.9 Å². The molecular formula is C27H30ClN5O2S. The first-order valence-corrected chi connectivity index (χ1v) is 13.1. The summed E-state index contributed by atoms with van der Waals surface area (Å²) in [4.78, 5) is 18.8. The lowest BCUT2D eigenvalue weighted by Gasteiger charge is -2.32. The molecule has 0 radical (unpaired) electrons. The minimum Gasteiger partial charge on any atom is -0.375 e. The summed E-state index contributed by atoms with van der Waals surface area (Å²) < 4.78 is 7.34. The van der Waals surface area contributed by atoms with Crippen LogP contribution in [0.1, 0.15) is 61.6 Å². The van der Waals surface area contributed by atoms with Crippen LogP contribution in [0.3, 0.4) is 0 Å². The quantitative estimate of drug-likeness (QED) is 0.381. The van der Waals surface area contributed by atoms with E-state index in [0.29, 0.717) is 21.9 Å². The first kappa shape index (κ1) is 24.7. The molecule has 36 heavy (non-hydrogen) atoms. The van der Waals surface area contributed by atoms with E-state index in [9.17, 15) is 4.79 Å². The van der Waals surface area contributed by atoms with Crippen LogP contribution >= 0.6 is 23.8 Å². The van der Waals surface area contributed by atoms with E-state index in [4.69, 9.17) is 28.6 Å². The third-order valence-corrected chi connectivity index (χ3v) is 7.59. The van der Waals surface area contributed by atoms with Gasteiger partial charge in [-0.15, -0.1) is 0 Å². The van der Waals surface area contributed by atoms with Crippen molar-refractivity contribution in [1.82, 2.24) is 14.9 Å². The molecule has 1 saturated heterocycles. The molecule has 0 unspecified atom stereocenters. The van der Waals surface area contributed by atoms with E-state index in [0.717, 1.165) is 11.4 Å². The zero-order valence-electron chi connectivity index (χ0n) is 20.2. The zero-order chi connectivity index (χ0) is 25.1. The van der Waals surface area contributed by atoms with E-state index in [2.05, 4.69) is 43.4 Å². The first-order chi connectivity index (χ1) is 17.6. The van der Waals surface area contributed by atoms with Gasteiger partial charge in [0, 0.05) is 36.9 Å². The lowest BCUT2D eigenvalue weighted by molar-refractivity contribution is -0.119. The Kier molecular flexibility index (Phi) is 7.55. The fraction of sp³-hybridized carbons (Fsp3) is 0.370. The molecule has 7 nitrogen and oxygen atoms in total. The van der Waals surface area contributed by atoms with Gasteiger partial charge >= 0.3 is 0 Å². The number of methoxy groups -OCH3 is 1. The Morgan fingerprint density at radius 2 is 2.03 bits per heavy atom. The largest absolute Gasteiger partial charge is 0.375 e. The number of nitrogens with zero attached hydrogens (tertiary/aromatic N) is 3. The predicted molar refractivity (Wildman–Crippen MR) is 146 cm³/mol. The van der Waals surface area contributed by atoms with E-state index in [-0.39, 0.29) is 24.6 Å². The van der Waals surface area contributed by atoms with Crippen LogP contribution in [0.15, 0.2) is 60.9 Å². The molecule has 1 aliphatic heterocycles. The number of hydrogen-bond donors (Lipinski definition) is 2. The monoisotopic (exact) mass is 523 g/mol. The summed E-state index contributed by atoms with van der Waals surface area (Å²) in [7, 11) is 1.48. The van der Waals surface area contributed by atoms with Gasteiger partial charge < -0.3 is 24.8 Å². The zero-order valence-corrected chi connectivity index (χ0v) is 21.8. The number of pyridine rings is 1. The van der Waals surface area contributed by atoms with Gasteiger partial charge in [0.05, 0.1) is 22.4 Å². The van der Waals surface area contributed by atoms with Crippen LogP contribution in [-0.2, 0) is 9.53 Å². The molecule has 0 bridgehead atoms. The number of amides is 1.